The zero-order chi connectivity index (χ0) is 53.5. The molecule has 2 heterocycles. The predicted octanol–water partition coefficient (Wildman–Crippen LogP) is 6.17. The third-order valence-electron chi connectivity index (χ3n) is 10.8. The number of nitrogen functional groups attached to an aromatic ring is 1. The fourth-order valence-electron chi connectivity index (χ4n) is 6.86. The summed E-state index contributed by atoms with van der Waals surface area (Å²) < 4.78 is 56.8. The maximum atomic E-state index is 13.3. The lowest BCUT2D eigenvalue weighted by molar-refractivity contribution is -0.161. The number of phosphoric ester groups is 2. The molecule has 10 N–H and O–H groups in total. The summed E-state index contributed by atoms with van der Waals surface area (Å²) in [5.74, 6) is -2.40. The lowest BCUT2D eigenvalue weighted by Gasteiger charge is -2.23. The number of nitrogens with zero attached hydrogens (tertiary/aromatic N) is 2. The smallest absolute Gasteiger partial charge is 0.481 e. The summed E-state index contributed by atoms with van der Waals surface area (Å²) in [4.78, 5) is 73.7. The molecule has 72 heavy (non-hydrogen) atoms. The lowest BCUT2D eigenvalue weighted by atomic mass is 10.0. The number of aliphatic hydroxyl groups is 3. The van der Waals surface area contributed by atoms with Crippen molar-refractivity contribution in [3.8, 4) is 0 Å². The van der Waals surface area contributed by atoms with E-state index < -0.39 is 107 Å². The lowest BCUT2D eigenvalue weighted by Crippen LogP contribution is -2.40. The Labute approximate surface area is 426 Å². The molecule has 1 aliphatic heterocycles. The van der Waals surface area contributed by atoms with Gasteiger partial charge in [-0.2, -0.15) is 9.29 Å². The number of phosphoric acid groups is 2. The Kier molecular flexibility index (Phi) is 31.9. The Morgan fingerprint density at radius 2 is 1.58 bits per heavy atom. The van der Waals surface area contributed by atoms with Gasteiger partial charge in [-0.3, -0.25) is 28.0 Å². The molecule has 10 atom stereocenters. The summed E-state index contributed by atoms with van der Waals surface area (Å²) in [5, 5.41) is 40.4. The van der Waals surface area contributed by atoms with E-state index in [0.717, 1.165) is 86.7 Å². The van der Waals surface area contributed by atoms with Crippen LogP contribution in [0, 0.1) is 5.92 Å². The highest BCUT2D eigenvalue weighted by Crippen LogP contribution is 2.60. The average Bonchev–Trinajstić information content (AvgIpc) is 3.59. The van der Waals surface area contributed by atoms with Crippen molar-refractivity contribution in [2.24, 2.45) is 11.7 Å². The van der Waals surface area contributed by atoms with Gasteiger partial charge in [-0.25, -0.2) is 13.9 Å². The van der Waals surface area contributed by atoms with E-state index in [1.807, 2.05) is 18.2 Å². The number of unbranched alkanes of at least 4 members (excludes halogenated alkanes) is 8. The number of esters is 2. The van der Waals surface area contributed by atoms with Crippen LogP contribution in [0.15, 0.2) is 65.7 Å². The molecule has 0 aromatic carbocycles. The topological polar surface area (TPSA) is 349 Å². The first-order chi connectivity index (χ1) is 34.1. The van der Waals surface area contributed by atoms with Crippen LogP contribution in [0.4, 0.5) is 5.82 Å². The van der Waals surface area contributed by atoms with Crippen molar-refractivity contribution in [3.05, 3.63) is 71.4 Å². The van der Waals surface area contributed by atoms with Gasteiger partial charge >= 0.3 is 39.2 Å². The number of anilines is 1. The number of nitrogens with two attached hydrogens (primary N) is 2. The number of thioether (sulfide) groups is 1. The first-order valence-corrected chi connectivity index (χ1v) is 28.5. The number of ether oxygens (including phenoxy) is 3. The summed E-state index contributed by atoms with van der Waals surface area (Å²) in [7, 11) is -11.1. The summed E-state index contributed by atoms with van der Waals surface area (Å²) in [5.41, 5.74) is 10.7. The molecule has 1 saturated heterocycles. The molecule has 1 fully saturated rings. The van der Waals surface area contributed by atoms with E-state index >= 15 is 0 Å². The standard InChI is InChI=1S/C47H78N4O18P2S/c1-4-5-6-7-8-9-10-11-12-13-17-20-25-39(37(52)24-22-26-41(53)54)72-33-36(48)46(58)67-35(30-64-42(55)27-21-18-15-14-16-19-23-34(2)3)31-65-70(60,61)69-71(62,63)66-32-38-43(56)44(57)45(68-38)51-29-28-40(49)50-47(51)59/h8-9,11-13,17,20,25,28-29,34-39,43-45,52,56-57H,4-7,10,14-16,18-19,21-24,26-27,30-33,48H2,1-3H3,(H,53,54)(H,60,61)(H,62,63)(H2,49,50,59)/b9-8-,12-11-,17-13+,25-20+/t35-,36+,37+,38-,39-,43-,44-,45-/m1/s1. The van der Waals surface area contributed by atoms with Crippen LogP contribution in [0.2, 0.25) is 0 Å². The predicted molar refractivity (Wildman–Crippen MR) is 271 cm³/mol. The average molecular weight is 1080 g/mol. The van der Waals surface area contributed by atoms with Crippen molar-refractivity contribution in [2.75, 3.05) is 31.3 Å². The second-order valence-corrected chi connectivity index (χ2v) is 21.9. The van der Waals surface area contributed by atoms with Crippen LogP contribution < -0.4 is 17.2 Å². The molecule has 0 bridgehead atoms. The van der Waals surface area contributed by atoms with Gasteiger partial charge in [-0.1, -0.05) is 121 Å². The minimum absolute atomic E-state index is 0.0206. The number of hydrogen-bond acceptors (Lipinski definition) is 19. The van der Waals surface area contributed by atoms with Gasteiger partial charge in [0.25, 0.3) is 0 Å². The van der Waals surface area contributed by atoms with Crippen LogP contribution in [0.5, 0.6) is 0 Å². The zero-order valence-electron chi connectivity index (χ0n) is 41.5. The van der Waals surface area contributed by atoms with Crippen LogP contribution in [-0.2, 0) is 51.1 Å². The van der Waals surface area contributed by atoms with Crippen molar-refractivity contribution in [3.63, 3.8) is 0 Å². The Hall–Kier alpha value is -3.54. The highest BCUT2D eigenvalue weighted by atomic mass is 32.2. The molecular weight excluding hydrogens is 1000 g/mol. The van der Waals surface area contributed by atoms with E-state index in [0.29, 0.717) is 12.3 Å². The fourth-order valence-corrected chi connectivity index (χ4v) is 10.1. The number of carbonyl (C=O) groups excluding carboxylic acids is 2. The molecule has 410 valence electrons. The van der Waals surface area contributed by atoms with E-state index in [9.17, 15) is 53.4 Å². The molecule has 0 amide bonds. The van der Waals surface area contributed by atoms with Crippen LogP contribution in [0.3, 0.4) is 0 Å². The Balaban J connectivity index is 2.10. The van der Waals surface area contributed by atoms with Crippen molar-refractivity contribution >= 4 is 51.1 Å². The summed E-state index contributed by atoms with van der Waals surface area (Å²) in [6.45, 7) is 3.76. The van der Waals surface area contributed by atoms with Gasteiger partial charge in [-0.05, 0) is 50.5 Å². The largest absolute Gasteiger partial charge is 0.481 e. The highest BCUT2D eigenvalue weighted by molar-refractivity contribution is 8.00. The van der Waals surface area contributed by atoms with Crippen LogP contribution >= 0.6 is 27.4 Å². The molecule has 2 rings (SSSR count). The number of aromatic nitrogens is 2. The van der Waals surface area contributed by atoms with Crippen molar-refractivity contribution in [2.45, 2.75) is 172 Å². The zero-order valence-corrected chi connectivity index (χ0v) is 44.2. The Morgan fingerprint density at radius 3 is 2.28 bits per heavy atom. The molecule has 0 aliphatic carbocycles. The number of hydrogen-bond donors (Lipinski definition) is 8. The summed E-state index contributed by atoms with van der Waals surface area (Å²) in [6.07, 6.45) is 19.0. The maximum Gasteiger partial charge on any atom is 0.481 e. The van der Waals surface area contributed by atoms with E-state index in [1.165, 1.54) is 12.5 Å². The molecule has 22 nitrogen and oxygen atoms in total. The molecule has 25 heteroatoms. The minimum atomic E-state index is -5.57. The molecule has 2 unspecified atom stereocenters. The van der Waals surface area contributed by atoms with E-state index in [2.05, 4.69) is 42.2 Å². The van der Waals surface area contributed by atoms with Gasteiger partial charge in [0.1, 0.15) is 36.8 Å². The third kappa shape index (κ3) is 28.2. The monoisotopic (exact) mass is 1080 g/mol. The quantitative estimate of drug-likeness (QED) is 0.0120. The van der Waals surface area contributed by atoms with Crippen molar-refractivity contribution in [1.82, 2.24) is 9.55 Å². The number of carboxylic acids is 1. The number of carboxylic acid groups (broad SMARTS) is 1. The van der Waals surface area contributed by atoms with Gasteiger partial charge < -0.3 is 55.9 Å². The Morgan fingerprint density at radius 1 is 0.889 bits per heavy atom. The first-order valence-electron chi connectivity index (χ1n) is 24.4. The highest BCUT2D eigenvalue weighted by Gasteiger charge is 2.46. The second kappa shape index (κ2) is 35.6. The summed E-state index contributed by atoms with van der Waals surface area (Å²) in [6, 6.07) is -0.162. The van der Waals surface area contributed by atoms with Crippen LogP contribution in [0.25, 0.3) is 0 Å². The Bertz CT molecular complexity index is 2040. The van der Waals surface area contributed by atoms with E-state index in [4.69, 9.17) is 39.8 Å². The number of allylic oxidation sites excluding steroid dienone is 7. The van der Waals surface area contributed by atoms with Gasteiger partial charge in [0, 0.05) is 30.0 Å². The molecule has 1 aliphatic rings. The summed E-state index contributed by atoms with van der Waals surface area (Å²) >= 11 is 1.08. The van der Waals surface area contributed by atoms with Gasteiger partial charge in [-0.15, -0.1) is 11.8 Å². The number of carbonyl (C=O) groups is 3. The van der Waals surface area contributed by atoms with Crippen LogP contribution in [-0.4, -0.2) is 125 Å². The minimum Gasteiger partial charge on any atom is -0.481 e. The number of rotatable bonds is 39. The van der Waals surface area contributed by atoms with Gasteiger partial charge in [0.2, 0.25) is 0 Å². The van der Waals surface area contributed by atoms with Crippen LogP contribution in [0.1, 0.15) is 130 Å². The van der Waals surface area contributed by atoms with Gasteiger partial charge in [0.15, 0.2) is 12.3 Å². The molecular formula is C47H78N4O18P2S. The molecule has 0 spiro atoms. The van der Waals surface area contributed by atoms with Crippen molar-refractivity contribution in [1.29, 1.82) is 0 Å². The first kappa shape index (κ1) is 64.6. The maximum absolute atomic E-state index is 13.3. The molecule has 0 radical (unpaired) electrons. The van der Waals surface area contributed by atoms with Gasteiger partial charge in [0.05, 0.1) is 19.3 Å². The molecule has 1 aromatic rings. The number of aliphatic carboxylic acids is 1. The van der Waals surface area contributed by atoms with E-state index in [-0.39, 0.29) is 37.3 Å². The second-order valence-electron chi connectivity index (χ2n) is 17.7. The molecule has 1 aromatic heterocycles. The normalized spacial score (nSPS) is 20.8. The SMILES string of the molecule is CCCCC/C=C\C\C=C/C=C/C=C/[C@@H](SC[C@H](N)C(=O)O[C@H](COC(=O)CCCCCCCCC(C)C)COP(=O)(O)OP(=O)(O)OC[C@H]1O[C@@H](n2ccc(N)nc2=O)[C@H](O)[C@@H]1O)[C@@H](O)CCCC(=O)O. The third-order valence-corrected chi connectivity index (χ3v) is 14.9. The molecule has 0 saturated carbocycles. The van der Waals surface area contributed by atoms with E-state index in [1.54, 1.807) is 18.2 Å². The van der Waals surface area contributed by atoms with Crippen molar-refractivity contribution < 1.29 is 81.3 Å². The fraction of sp³-hybridized carbons (Fsp3) is 0.681. The number of aliphatic hydroxyl groups excluding tert-OH is 3.